The molecule has 0 aliphatic carbocycles. The number of hydrogen-bond donors (Lipinski definition) is 0. The zero-order valence-corrected chi connectivity index (χ0v) is 56.8. The van der Waals surface area contributed by atoms with E-state index in [0.29, 0.717) is 0 Å². The Morgan fingerprint density at radius 1 is 0.137 bits per heavy atom. The first-order chi connectivity index (χ1) is 50.4. The topological polar surface area (TPSA) is 19.4 Å². The van der Waals surface area contributed by atoms with Gasteiger partial charge in [0.05, 0.1) is 11.4 Å². The summed E-state index contributed by atoms with van der Waals surface area (Å²) in [5.41, 5.74) is 21.6. The minimum Gasteiger partial charge on any atom is -0.311 e. The van der Waals surface area contributed by atoms with Gasteiger partial charge in [0, 0.05) is 102 Å². The number of fused-ring (bicyclic) bond motifs is 6. The Balaban J connectivity index is 0.685. The lowest BCUT2D eigenvalue weighted by Crippen LogP contribution is -2.14. The van der Waals surface area contributed by atoms with Crippen LogP contribution in [0, 0.1) is 13.8 Å². The number of aryl methyl sites for hydroxylation is 2. The second-order valence-electron chi connectivity index (χ2n) is 25.9. The smallest absolute Gasteiger partial charge is 0.0546 e. The monoisotopic (exact) mass is 1310 g/mol. The summed E-state index contributed by atoms with van der Waals surface area (Å²) < 4.78 is 0. The van der Waals surface area contributed by atoms with Crippen LogP contribution >= 0.6 is 0 Å². The van der Waals surface area contributed by atoms with Crippen LogP contribution in [0.3, 0.4) is 0 Å². The van der Waals surface area contributed by atoms with Crippen molar-refractivity contribution in [1.82, 2.24) is 0 Å². The third kappa shape index (κ3) is 12.1. The number of nitrogens with zero attached hydrogens (tertiary/aromatic N) is 6. The van der Waals surface area contributed by atoms with Gasteiger partial charge in [-0.2, -0.15) is 0 Å². The molecule has 0 aliphatic rings. The van der Waals surface area contributed by atoms with Gasteiger partial charge in [0.1, 0.15) is 0 Å². The molecule has 0 saturated heterocycles. The zero-order valence-electron chi connectivity index (χ0n) is 56.8. The van der Waals surface area contributed by atoms with E-state index < -0.39 is 0 Å². The standard InChI is InChI=1S/C96H72N6/c1-69-25-23-37-87(65-69)101(95-67-71-27-15-17-39-89(71)91-41-19-21-43-93(91)95)85-61-57-83(58-62-85)99(75-33-11-5-12-34-75)81-53-49-79(50-54-81)97(73-29-7-3-8-30-73)77-45-47-78(48-46-77)98(74-31-9-4-10-32-74)80-51-55-82(56-52-80)100(76-35-13-6-14-36-76)84-59-63-86(64-60-84)102(88-38-24-26-70(2)66-88)96-68-72-28-16-18-40-90(72)92-42-20-22-44-94(92)96/h3-68H,1-2H3. The van der Waals surface area contributed by atoms with E-state index in [9.17, 15) is 0 Å². The molecule has 0 unspecified atom stereocenters. The summed E-state index contributed by atoms with van der Waals surface area (Å²) in [6.45, 7) is 4.33. The van der Waals surface area contributed by atoms with Crippen molar-refractivity contribution >= 4 is 145 Å². The lowest BCUT2D eigenvalue weighted by Gasteiger charge is -2.31. The van der Waals surface area contributed by atoms with Crippen molar-refractivity contribution in [3.63, 3.8) is 0 Å². The first-order valence-corrected chi connectivity index (χ1v) is 34.9. The molecule has 6 heteroatoms. The molecule has 0 aromatic heterocycles. The number of benzene rings is 17. The van der Waals surface area contributed by atoms with Crippen molar-refractivity contribution in [1.29, 1.82) is 0 Å². The average Bonchev–Trinajstić information content (AvgIpc) is 0.758. The SMILES string of the molecule is Cc1cccc(N(c2ccc(N(c3ccccc3)c3ccc(N(c4ccccc4)c4ccc(N(c5ccccc5)c5ccc(N(c6ccccc6)c6ccc(N(c7cccc(C)c7)c7cc8ccccc8c8ccccc78)cc6)cc5)cc4)cc3)cc2)c2cc3ccccc3c3ccccc23)c1. The van der Waals surface area contributed by atoms with Crippen LogP contribution in [-0.4, -0.2) is 0 Å². The molecule has 0 radical (unpaired) electrons. The number of hydrogen-bond acceptors (Lipinski definition) is 6. The van der Waals surface area contributed by atoms with Gasteiger partial charge in [0.2, 0.25) is 0 Å². The molecule has 486 valence electrons. The molecule has 6 nitrogen and oxygen atoms in total. The molecule has 0 bridgehead atoms. The largest absolute Gasteiger partial charge is 0.311 e. The van der Waals surface area contributed by atoms with E-state index in [1.165, 1.54) is 54.2 Å². The minimum atomic E-state index is 1.03. The maximum Gasteiger partial charge on any atom is 0.0546 e. The van der Waals surface area contributed by atoms with E-state index in [1.54, 1.807) is 0 Å². The van der Waals surface area contributed by atoms with Crippen LogP contribution in [0.25, 0.3) is 43.1 Å². The lowest BCUT2D eigenvalue weighted by atomic mass is 9.99. The second-order valence-corrected chi connectivity index (χ2v) is 25.9. The molecule has 0 aliphatic heterocycles. The Morgan fingerprint density at radius 2 is 0.333 bits per heavy atom. The minimum absolute atomic E-state index is 1.03. The molecule has 0 amide bonds. The van der Waals surface area contributed by atoms with Crippen LogP contribution in [0.15, 0.2) is 400 Å². The van der Waals surface area contributed by atoms with Crippen molar-refractivity contribution in [3.05, 3.63) is 412 Å². The normalized spacial score (nSPS) is 11.2. The summed E-state index contributed by atoms with van der Waals surface area (Å²) in [6, 6.07) is 145. The van der Waals surface area contributed by atoms with Crippen molar-refractivity contribution in [2.24, 2.45) is 0 Å². The van der Waals surface area contributed by atoms with Crippen molar-refractivity contribution < 1.29 is 0 Å². The number of anilines is 18. The molecule has 0 saturated carbocycles. The maximum atomic E-state index is 2.41. The number of para-hydroxylation sites is 4. The molecular formula is C96H72N6. The highest BCUT2D eigenvalue weighted by Gasteiger charge is 2.24. The Kier molecular flexibility index (Phi) is 16.7. The van der Waals surface area contributed by atoms with Crippen LogP contribution in [0.4, 0.5) is 102 Å². The van der Waals surface area contributed by atoms with Gasteiger partial charge in [-0.15, -0.1) is 0 Å². The molecule has 17 aromatic rings. The number of rotatable bonds is 18. The Morgan fingerprint density at radius 3 is 0.588 bits per heavy atom. The summed E-state index contributed by atoms with van der Waals surface area (Å²) in [5, 5.41) is 9.76. The summed E-state index contributed by atoms with van der Waals surface area (Å²) >= 11 is 0. The first kappa shape index (κ1) is 62.1. The molecule has 0 spiro atoms. The van der Waals surface area contributed by atoms with Gasteiger partial charge in [-0.25, -0.2) is 0 Å². The molecule has 17 rings (SSSR count). The Labute approximate surface area is 596 Å². The highest BCUT2D eigenvalue weighted by atomic mass is 15.2. The highest BCUT2D eigenvalue weighted by molar-refractivity contribution is 6.16. The van der Waals surface area contributed by atoms with E-state index in [1.807, 2.05) is 0 Å². The van der Waals surface area contributed by atoms with E-state index in [-0.39, 0.29) is 0 Å². The Bertz CT molecular complexity index is 5410. The van der Waals surface area contributed by atoms with Gasteiger partial charge in [0.25, 0.3) is 0 Å². The van der Waals surface area contributed by atoms with Crippen molar-refractivity contribution in [2.75, 3.05) is 29.4 Å². The first-order valence-electron chi connectivity index (χ1n) is 34.9. The predicted molar refractivity (Wildman–Crippen MR) is 434 cm³/mol. The molecular weight excluding hydrogens is 1240 g/mol. The third-order valence-electron chi connectivity index (χ3n) is 19.4. The third-order valence-corrected chi connectivity index (χ3v) is 19.4. The lowest BCUT2D eigenvalue weighted by molar-refractivity contribution is 1.24. The van der Waals surface area contributed by atoms with E-state index in [4.69, 9.17) is 0 Å². The quantitative estimate of drug-likeness (QED) is 0.0792. The van der Waals surface area contributed by atoms with Gasteiger partial charge in [-0.3, -0.25) is 0 Å². The molecule has 0 fully saturated rings. The molecule has 102 heavy (non-hydrogen) atoms. The van der Waals surface area contributed by atoms with Gasteiger partial charge in [0.15, 0.2) is 0 Å². The summed E-state index contributed by atoms with van der Waals surface area (Å²) in [4.78, 5) is 14.2. The Hall–Kier alpha value is -13.4. The van der Waals surface area contributed by atoms with Crippen molar-refractivity contribution in [2.45, 2.75) is 13.8 Å². The van der Waals surface area contributed by atoms with Crippen LogP contribution in [0.5, 0.6) is 0 Å². The molecule has 0 N–H and O–H groups in total. The maximum absolute atomic E-state index is 2.41. The second kappa shape index (κ2) is 27.5. The van der Waals surface area contributed by atoms with E-state index in [0.717, 1.165) is 102 Å². The fourth-order valence-corrected chi connectivity index (χ4v) is 14.7. The fourth-order valence-electron chi connectivity index (χ4n) is 14.7. The summed E-state index contributed by atoms with van der Waals surface area (Å²) in [6.07, 6.45) is 0. The van der Waals surface area contributed by atoms with Gasteiger partial charge < -0.3 is 29.4 Å². The molecule has 0 heterocycles. The van der Waals surface area contributed by atoms with Gasteiger partial charge in [-0.1, -0.05) is 194 Å². The van der Waals surface area contributed by atoms with E-state index >= 15 is 0 Å². The fraction of sp³-hybridized carbons (Fsp3) is 0.0208. The van der Waals surface area contributed by atoms with Gasteiger partial charge >= 0.3 is 0 Å². The van der Waals surface area contributed by atoms with Crippen LogP contribution in [0.2, 0.25) is 0 Å². The van der Waals surface area contributed by atoms with Crippen LogP contribution in [-0.2, 0) is 0 Å². The summed E-state index contributed by atoms with van der Waals surface area (Å²) in [5.74, 6) is 0. The van der Waals surface area contributed by atoms with Crippen LogP contribution in [0.1, 0.15) is 11.1 Å². The summed E-state index contributed by atoms with van der Waals surface area (Å²) in [7, 11) is 0. The predicted octanol–water partition coefficient (Wildman–Crippen LogP) is 27.7. The zero-order chi connectivity index (χ0) is 68.3. The van der Waals surface area contributed by atoms with E-state index in [2.05, 4.69) is 444 Å². The van der Waals surface area contributed by atoms with Crippen LogP contribution < -0.4 is 29.4 Å². The molecule has 0 atom stereocenters. The van der Waals surface area contributed by atoms with Crippen molar-refractivity contribution in [3.8, 4) is 0 Å². The average molecular weight is 1310 g/mol. The highest BCUT2D eigenvalue weighted by Crippen LogP contribution is 2.48. The van der Waals surface area contributed by atoms with Gasteiger partial charge in [-0.05, 0) is 264 Å². The molecule has 17 aromatic carbocycles.